The van der Waals surface area contributed by atoms with E-state index in [9.17, 15) is 4.79 Å². The number of carbonyl (C=O) groups excluding carboxylic acids is 1. The van der Waals surface area contributed by atoms with Crippen LogP contribution in [-0.2, 0) is 4.74 Å². The van der Waals surface area contributed by atoms with Gasteiger partial charge in [0.25, 0.3) is 5.91 Å². The van der Waals surface area contributed by atoms with Crippen LogP contribution < -0.4 is 9.80 Å². The molecule has 2 saturated heterocycles. The number of carbonyl (C=O) groups is 1. The number of nitrogens with zero attached hydrogens (tertiary/aromatic N) is 4. The second-order valence-corrected chi connectivity index (χ2v) is 8.40. The number of thiazole rings is 1. The molecule has 2 fully saturated rings. The molecule has 0 radical (unpaired) electrons. The van der Waals surface area contributed by atoms with E-state index in [1.165, 1.54) is 4.70 Å². The Labute approximate surface area is 174 Å². The molecule has 3 heterocycles. The van der Waals surface area contributed by atoms with Gasteiger partial charge in [-0.2, -0.15) is 0 Å². The molecule has 6 nitrogen and oxygen atoms in total. The largest absolute Gasteiger partial charge is 0.378 e. The Bertz CT molecular complexity index is 956. The molecule has 29 heavy (non-hydrogen) atoms. The molecule has 3 aromatic rings. The molecule has 0 spiro atoms. The maximum atomic E-state index is 12.9. The fourth-order valence-corrected chi connectivity index (χ4v) is 4.93. The van der Waals surface area contributed by atoms with Gasteiger partial charge in [-0.3, -0.25) is 4.79 Å². The second kappa shape index (κ2) is 8.00. The van der Waals surface area contributed by atoms with Crippen LogP contribution >= 0.6 is 11.3 Å². The first-order valence-electron chi connectivity index (χ1n) is 10.1. The van der Waals surface area contributed by atoms with Gasteiger partial charge in [0, 0.05) is 50.5 Å². The standard InChI is InChI=1S/C22H24N4O2S/c27-21(17-5-7-18(8-6-17)24-13-15-28-16-14-24)25-9-11-26(12-10-25)22-23-19-3-1-2-4-20(19)29-22/h1-8H,9-16H2. The predicted octanol–water partition coefficient (Wildman–Crippen LogP) is 3.10. The van der Waals surface area contributed by atoms with Crippen LogP contribution in [0.4, 0.5) is 10.8 Å². The van der Waals surface area contributed by atoms with Gasteiger partial charge in [-0.05, 0) is 36.4 Å². The van der Waals surface area contributed by atoms with Gasteiger partial charge in [0.15, 0.2) is 5.13 Å². The molecule has 1 aromatic heterocycles. The van der Waals surface area contributed by atoms with Crippen molar-refractivity contribution in [3.05, 3.63) is 54.1 Å². The molecule has 2 aliphatic rings. The maximum absolute atomic E-state index is 12.9. The summed E-state index contributed by atoms with van der Waals surface area (Å²) in [6.07, 6.45) is 0. The number of fused-ring (bicyclic) bond motifs is 1. The lowest BCUT2D eigenvalue weighted by Gasteiger charge is -2.34. The molecule has 0 saturated carbocycles. The third-order valence-electron chi connectivity index (χ3n) is 5.61. The van der Waals surface area contributed by atoms with Crippen LogP contribution in [0.15, 0.2) is 48.5 Å². The van der Waals surface area contributed by atoms with Gasteiger partial charge in [0.2, 0.25) is 0 Å². The summed E-state index contributed by atoms with van der Waals surface area (Å²) in [5.41, 5.74) is 2.97. The van der Waals surface area contributed by atoms with Crippen molar-refractivity contribution >= 4 is 38.3 Å². The van der Waals surface area contributed by atoms with Crippen molar-refractivity contribution in [2.45, 2.75) is 0 Å². The first-order valence-corrected chi connectivity index (χ1v) is 10.9. The summed E-state index contributed by atoms with van der Waals surface area (Å²) in [5.74, 6) is 0.113. The number of hydrogen-bond acceptors (Lipinski definition) is 6. The number of piperazine rings is 1. The highest BCUT2D eigenvalue weighted by molar-refractivity contribution is 7.22. The molecule has 2 aliphatic heterocycles. The number of aromatic nitrogens is 1. The number of morpholine rings is 1. The highest BCUT2D eigenvalue weighted by atomic mass is 32.1. The third-order valence-corrected chi connectivity index (χ3v) is 6.71. The Balaban J connectivity index is 1.21. The molecule has 2 aromatic carbocycles. The van der Waals surface area contributed by atoms with E-state index in [0.717, 1.165) is 74.4 Å². The number of para-hydroxylation sites is 1. The Kier molecular flexibility index (Phi) is 5.08. The van der Waals surface area contributed by atoms with E-state index in [1.54, 1.807) is 11.3 Å². The van der Waals surface area contributed by atoms with Crippen LogP contribution in [0.5, 0.6) is 0 Å². The summed E-state index contributed by atoms with van der Waals surface area (Å²) >= 11 is 1.72. The zero-order valence-corrected chi connectivity index (χ0v) is 17.1. The fraction of sp³-hybridized carbons (Fsp3) is 0.364. The van der Waals surface area contributed by atoms with Crippen LogP contribution in [0.3, 0.4) is 0 Å². The smallest absolute Gasteiger partial charge is 0.253 e. The van der Waals surface area contributed by atoms with Gasteiger partial charge in [0.05, 0.1) is 23.4 Å². The van der Waals surface area contributed by atoms with Crippen LogP contribution in [0.25, 0.3) is 10.2 Å². The summed E-state index contributed by atoms with van der Waals surface area (Å²) in [4.78, 5) is 24.2. The number of rotatable bonds is 3. The monoisotopic (exact) mass is 408 g/mol. The molecule has 7 heteroatoms. The van der Waals surface area contributed by atoms with E-state index in [1.807, 2.05) is 29.2 Å². The third kappa shape index (κ3) is 3.80. The first-order chi connectivity index (χ1) is 14.3. The summed E-state index contributed by atoms with van der Waals surface area (Å²) in [6.45, 7) is 6.41. The summed E-state index contributed by atoms with van der Waals surface area (Å²) in [6, 6.07) is 16.2. The van der Waals surface area contributed by atoms with Crippen molar-refractivity contribution in [3.8, 4) is 0 Å². The average molecular weight is 409 g/mol. The normalized spacial score (nSPS) is 17.7. The lowest BCUT2D eigenvalue weighted by molar-refractivity contribution is 0.0746. The minimum absolute atomic E-state index is 0.113. The number of benzene rings is 2. The maximum Gasteiger partial charge on any atom is 0.253 e. The Hall–Kier alpha value is -2.64. The van der Waals surface area contributed by atoms with Crippen LogP contribution in [0, 0.1) is 0 Å². The molecule has 0 aliphatic carbocycles. The van der Waals surface area contributed by atoms with Crippen molar-refractivity contribution < 1.29 is 9.53 Å². The van der Waals surface area contributed by atoms with Crippen LogP contribution in [0.2, 0.25) is 0 Å². The minimum Gasteiger partial charge on any atom is -0.378 e. The zero-order chi connectivity index (χ0) is 19.6. The van der Waals surface area contributed by atoms with E-state index >= 15 is 0 Å². The molecule has 0 unspecified atom stereocenters. The van der Waals surface area contributed by atoms with Crippen LogP contribution in [0.1, 0.15) is 10.4 Å². The number of amides is 1. The van der Waals surface area contributed by atoms with Gasteiger partial charge in [-0.1, -0.05) is 23.5 Å². The molecular weight excluding hydrogens is 384 g/mol. The summed E-state index contributed by atoms with van der Waals surface area (Å²) in [5, 5.41) is 1.05. The summed E-state index contributed by atoms with van der Waals surface area (Å²) in [7, 11) is 0. The van der Waals surface area contributed by atoms with Crippen molar-refractivity contribution in [1.82, 2.24) is 9.88 Å². The zero-order valence-electron chi connectivity index (χ0n) is 16.3. The molecule has 5 rings (SSSR count). The summed E-state index contributed by atoms with van der Waals surface area (Å²) < 4.78 is 6.62. The van der Waals surface area contributed by atoms with Gasteiger partial charge < -0.3 is 19.4 Å². The lowest BCUT2D eigenvalue weighted by Crippen LogP contribution is -2.48. The molecule has 0 N–H and O–H groups in total. The topological polar surface area (TPSA) is 48.9 Å². The molecule has 1 amide bonds. The fourth-order valence-electron chi connectivity index (χ4n) is 3.92. The van der Waals surface area contributed by atoms with Gasteiger partial charge in [0.1, 0.15) is 0 Å². The van der Waals surface area contributed by atoms with Crippen LogP contribution in [-0.4, -0.2) is 68.3 Å². The van der Waals surface area contributed by atoms with E-state index in [2.05, 4.69) is 34.1 Å². The highest BCUT2D eigenvalue weighted by Crippen LogP contribution is 2.29. The minimum atomic E-state index is 0.113. The van der Waals surface area contributed by atoms with E-state index in [4.69, 9.17) is 9.72 Å². The molecule has 0 bridgehead atoms. The van der Waals surface area contributed by atoms with Gasteiger partial charge >= 0.3 is 0 Å². The number of anilines is 2. The van der Waals surface area contributed by atoms with Crippen molar-refractivity contribution in [2.75, 3.05) is 62.3 Å². The Morgan fingerprint density at radius 1 is 0.862 bits per heavy atom. The lowest BCUT2D eigenvalue weighted by atomic mass is 10.1. The Morgan fingerprint density at radius 3 is 2.31 bits per heavy atom. The van der Waals surface area contributed by atoms with Crippen molar-refractivity contribution in [1.29, 1.82) is 0 Å². The van der Waals surface area contributed by atoms with E-state index < -0.39 is 0 Å². The average Bonchev–Trinajstić information content (AvgIpc) is 3.24. The molecule has 150 valence electrons. The molecular formula is C22H24N4O2S. The van der Waals surface area contributed by atoms with Gasteiger partial charge in [-0.25, -0.2) is 4.98 Å². The van der Waals surface area contributed by atoms with Gasteiger partial charge in [-0.15, -0.1) is 0 Å². The van der Waals surface area contributed by atoms with Crippen molar-refractivity contribution in [2.24, 2.45) is 0 Å². The molecule has 0 atom stereocenters. The second-order valence-electron chi connectivity index (χ2n) is 7.39. The SMILES string of the molecule is O=C(c1ccc(N2CCOCC2)cc1)N1CCN(c2nc3ccccc3s2)CC1. The Morgan fingerprint density at radius 2 is 1.59 bits per heavy atom. The quantitative estimate of drug-likeness (QED) is 0.667. The van der Waals surface area contributed by atoms with Crippen molar-refractivity contribution in [3.63, 3.8) is 0 Å². The highest BCUT2D eigenvalue weighted by Gasteiger charge is 2.24. The van der Waals surface area contributed by atoms with E-state index in [-0.39, 0.29) is 5.91 Å². The number of hydrogen-bond donors (Lipinski definition) is 0. The first kappa shape index (κ1) is 18.4. The van der Waals surface area contributed by atoms with E-state index in [0.29, 0.717) is 0 Å². The number of ether oxygens (including phenoxy) is 1. The predicted molar refractivity (Wildman–Crippen MR) is 117 cm³/mol.